The third-order valence-electron chi connectivity index (χ3n) is 0.221. The van der Waals surface area contributed by atoms with Gasteiger partial charge in [-0.1, -0.05) is 0 Å². The van der Waals surface area contributed by atoms with E-state index in [2.05, 4.69) is 0 Å². The number of carboxylic acid groups (broad SMARTS) is 1. The predicted molar refractivity (Wildman–Crippen MR) is 15.9 cm³/mol. The molecule has 1 radical (unpaired) electrons. The van der Waals surface area contributed by atoms with Crippen LogP contribution >= 0.6 is 0 Å². The van der Waals surface area contributed by atoms with Crippen molar-refractivity contribution >= 4 is 5.97 Å². The van der Waals surface area contributed by atoms with Gasteiger partial charge >= 0.3 is 5.97 Å². The summed E-state index contributed by atoms with van der Waals surface area (Å²) in [6, 6.07) is 0. The van der Waals surface area contributed by atoms with Gasteiger partial charge in [-0.2, -0.15) is 0 Å². The normalized spacial score (nSPS) is 7.86. The molecular weight excluding hydrogens is 196 g/mol. The fraction of sp³-hybridized carbons (Fsp3) is 0.500. The van der Waals surface area contributed by atoms with Gasteiger partial charge in [0.2, 0.25) is 0 Å². The molecule has 0 heterocycles. The van der Waals surface area contributed by atoms with E-state index < -0.39 is 12.3 Å². The average Bonchev–Trinajstić information content (AvgIpc) is 1.36. The first-order chi connectivity index (χ1) is 2.64. The number of aliphatic hydroxyl groups excluding tert-OH is 1. The van der Waals surface area contributed by atoms with Crippen LogP contribution in [0.15, 0.2) is 0 Å². The Morgan fingerprint density at radius 1 is 1.43 bits per heavy atom. The van der Waals surface area contributed by atoms with Crippen LogP contribution in [-0.4, -0.2) is 27.6 Å². The van der Waals surface area contributed by atoms with Gasteiger partial charge in [-0.3, -0.25) is 0 Å². The van der Waals surface area contributed by atoms with E-state index >= 15 is 0 Å². The van der Waals surface area contributed by atoms with Crippen LogP contribution in [0.25, 0.3) is 0 Å². The van der Waals surface area contributed by atoms with Crippen LogP contribution < -0.4 is 0 Å². The van der Waals surface area contributed by atoms with Crippen molar-refractivity contribution in [2.45, 2.75) is 6.29 Å². The Bertz CT molecular complexity index is 60.7. The second-order valence-electron chi connectivity index (χ2n) is 0.712. The summed E-state index contributed by atoms with van der Waals surface area (Å²) in [5, 5.41) is 22.7. The van der Waals surface area contributed by atoms with Crippen LogP contribution in [0.3, 0.4) is 0 Å². The molecule has 3 N–H and O–H groups in total. The van der Waals surface area contributed by atoms with Crippen molar-refractivity contribution in [3.05, 3.63) is 0 Å². The summed E-state index contributed by atoms with van der Waals surface area (Å²) >= 11 is 0. The van der Waals surface area contributed by atoms with Gasteiger partial charge in [-0.25, -0.2) is 4.79 Å². The van der Waals surface area contributed by atoms with Gasteiger partial charge in [0.05, 0.1) is 0 Å². The first-order valence-corrected chi connectivity index (χ1v) is 1.23. The minimum absolute atomic E-state index is 0. The Labute approximate surface area is 55.3 Å². The van der Waals surface area contributed by atoms with Gasteiger partial charge in [0.25, 0.3) is 6.29 Å². The molecule has 0 spiro atoms. The third-order valence-corrected chi connectivity index (χ3v) is 0.221. The average molecular weight is 200 g/mol. The molecule has 47 valence electrons. The Morgan fingerprint density at radius 2 is 1.57 bits per heavy atom. The van der Waals surface area contributed by atoms with E-state index in [4.69, 9.17) is 15.3 Å². The maximum Gasteiger partial charge on any atom is 0.360 e. The second kappa shape index (κ2) is 4.29. The smallest absolute Gasteiger partial charge is 0.360 e. The Hall–Kier alpha value is 0.130. The van der Waals surface area contributed by atoms with Crippen molar-refractivity contribution in [3.63, 3.8) is 0 Å². The first kappa shape index (κ1) is 10.2. The molecule has 0 bridgehead atoms. The molecule has 0 aliphatic heterocycles. The molecule has 0 amide bonds. The maximum absolute atomic E-state index is 9.20. The van der Waals surface area contributed by atoms with Crippen molar-refractivity contribution in [3.8, 4) is 0 Å². The fourth-order valence-electron chi connectivity index (χ4n) is 0. The van der Waals surface area contributed by atoms with Crippen LogP contribution in [0.4, 0.5) is 0 Å². The Kier molecular flexibility index (Phi) is 6.24. The topological polar surface area (TPSA) is 77.8 Å². The monoisotopic (exact) mass is 199 g/mol. The number of aliphatic carboxylic acids is 1. The molecule has 0 rings (SSSR count). The van der Waals surface area contributed by atoms with Crippen LogP contribution in [0.2, 0.25) is 0 Å². The van der Waals surface area contributed by atoms with Crippen molar-refractivity contribution in [2.24, 2.45) is 0 Å². The van der Waals surface area contributed by atoms with E-state index in [0.29, 0.717) is 0 Å². The zero-order chi connectivity index (χ0) is 5.15. The van der Waals surface area contributed by atoms with E-state index in [-0.39, 0.29) is 22.4 Å². The largest absolute Gasteiger partial charge is 0.477 e. The van der Waals surface area contributed by atoms with Gasteiger partial charge in [-0.05, 0) is 0 Å². The molecule has 0 saturated heterocycles. The van der Waals surface area contributed by atoms with Gasteiger partial charge in [0.15, 0.2) is 0 Å². The SMILES string of the molecule is O=C(O)C(O)O.[Ag]. The summed E-state index contributed by atoms with van der Waals surface area (Å²) in [5.74, 6) is -1.63. The minimum atomic E-state index is -2.23. The van der Waals surface area contributed by atoms with Crippen molar-refractivity contribution in [2.75, 3.05) is 0 Å². The second-order valence-corrected chi connectivity index (χ2v) is 0.712. The first-order valence-electron chi connectivity index (χ1n) is 1.23. The van der Waals surface area contributed by atoms with E-state index in [1.807, 2.05) is 0 Å². The van der Waals surface area contributed by atoms with Gasteiger partial charge < -0.3 is 15.3 Å². The Balaban J connectivity index is 0. The quantitative estimate of drug-likeness (QED) is 0.351. The molecule has 0 aliphatic rings. The molecular formula is C2H4AgO4. The molecule has 0 aromatic rings. The number of carbonyl (C=O) groups is 1. The number of hydrogen-bond acceptors (Lipinski definition) is 3. The van der Waals surface area contributed by atoms with Gasteiger partial charge in [0, 0.05) is 22.4 Å². The summed E-state index contributed by atoms with van der Waals surface area (Å²) in [6.07, 6.45) is -2.23. The molecule has 0 aromatic heterocycles. The van der Waals surface area contributed by atoms with E-state index in [1.165, 1.54) is 0 Å². The molecule has 0 atom stereocenters. The molecule has 0 aliphatic carbocycles. The zero-order valence-electron chi connectivity index (χ0n) is 3.13. The van der Waals surface area contributed by atoms with Crippen LogP contribution in [0.5, 0.6) is 0 Å². The molecule has 4 nitrogen and oxygen atoms in total. The third kappa shape index (κ3) is 6.13. The standard InChI is InChI=1S/C2H4O4.Ag/c3-1(4)2(5)6;/h1,3-4H,(H,5,6);. The summed E-state index contributed by atoms with van der Waals surface area (Å²) in [7, 11) is 0. The van der Waals surface area contributed by atoms with Crippen LogP contribution in [0.1, 0.15) is 0 Å². The molecule has 0 saturated carbocycles. The number of aliphatic hydroxyl groups is 2. The zero-order valence-corrected chi connectivity index (χ0v) is 4.61. The minimum Gasteiger partial charge on any atom is -0.477 e. The summed E-state index contributed by atoms with van der Waals surface area (Å²) in [6.45, 7) is 0. The Morgan fingerprint density at radius 3 is 1.57 bits per heavy atom. The van der Waals surface area contributed by atoms with E-state index in [1.54, 1.807) is 0 Å². The molecule has 5 heteroatoms. The van der Waals surface area contributed by atoms with Crippen molar-refractivity contribution in [1.82, 2.24) is 0 Å². The summed E-state index contributed by atoms with van der Waals surface area (Å²) in [4.78, 5) is 9.20. The van der Waals surface area contributed by atoms with Crippen LogP contribution in [0, 0.1) is 0 Å². The van der Waals surface area contributed by atoms with Crippen molar-refractivity contribution in [1.29, 1.82) is 0 Å². The molecule has 7 heavy (non-hydrogen) atoms. The van der Waals surface area contributed by atoms with Gasteiger partial charge in [0.1, 0.15) is 0 Å². The molecule has 0 aromatic carbocycles. The number of carboxylic acids is 1. The number of rotatable bonds is 1. The summed E-state index contributed by atoms with van der Waals surface area (Å²) in [5.41, 5.74) is 0. The van der Waals surface area contributed by atoms with E-state index in [0.717, 1.165) is 0 Å². The van der Waals surface area contributed by atoms with E-state index in [9.17, 15) is 4.79 Å². The number of hydrogen-bond donors (Lipinski definition) is 3. The van der Waals surface area contributed by atoms with Crippen molar-refractivity contribution < 1.29 is 42.5 Å². The predicted octanol–water partition coefficient (Wildman–Crippen LogP) is -1.62. The fourth-order valence-corrected chi connectivity index (χ4v) is 0. The van der Waals surface area contributed by atoms with Gasteiger partial charge in [-0.15, -0.1) is 0 Å². The molecule has 0 fully saturated rings. The summed E-state index contributed by atoms with van der Waals surface area (Å²) < 4.78 is 0. The molecule has 0 unspecified atom stereocenters. The maximum atomic E-state index is 9.20. The van der Waals surface area contributed by atoms with Crippen LogP contribution in [-0.2, 0) is 27.2 Å².